The summed E-state index contributed by atoms with van der Waals surface area (Å²) in [6.45, 7) is 3.73. The third-order valence-electron chi connectivity index (χ3n) is 2.97. The summed E-state index contributed by atoms with van der Waals surface area (Å²) in [5, 5.41) is 5.08. The van der Waals surface area contributed by atoms with Gasteiger partial charge < -0.3 is 4.74 Å². The average molecular weight is 334 g/mol. The number of fused-ring (bicyclic) bond motifs is 1. The number of nitrogens with one attached hydrogen (secondary N) is 1. The normalized spacial score (nSPS) is 18.6. The van der Waals surface area contributed by atoms with Crippen molar-refractivity contribution < 1.29 is 21.6 Å². The molecule has 0 fully saturated rings. The first-order valence-electron chi connectivity index (χ1n) is 6.38. The van der Waals surface area contributed by atoms with Crippen molar-refractivity contribution >= 4 is 20.0 Å². The first kappa shape index (κ1) is 16.2. The lowest BCUT2D eigenvalue weighted by atomic mass is 10.1. The van der Waals surface area contributed by atoms with Crippen LogP contribution in [0.3, 0.4) is 0 Å². The summed E-state index contributed by atoms with van der Waals surface area (Å²) in [4.78, 5) is -0.0696. The van der Waals surface area contributed by atoms with Gasteiger partial charge in [0.1, 0.15) is 12.4 Å². The van der Waals surface area contributed by atoms with Crippen LogP contribution in [-0.4, -0.2) is 29.2 Å². The SMILES string of the molecule is CC(C)CS(=O)(=O)NC1COc2ccc(S(N)(=O)=O)cc21. The number of primary sulfonamides is 1. The molecule has 0 amide bonds. The lowest BCUT2D eigenvalue weighted by molar-refractivity contribution is 0.325. The van der Waals surface area contributed by atoms with Crippen LogP contribution in [-0.2, 0) is 20.0 Å². The number of nitrogens with two attached hydrogens (primary N) is 1. The summed E-state index contributed by atoms with van der Waals surface area (Å²) in [6, 6.07) is 3.55. The van der Waals surface area contributed by atoms with Gasteiger partial charge in [-0.05, 0) is 24.1 Å². The highest BCUT2D eigenvalue weighted by atomic mass is 32.2. The minimum absolute atomic E-state index is 0.00624. The predicted octanol–water partition coefficient (Wildman–Crippen LogP) is 0.343. The number of ether oxygens (including phenoxy) is 1. The molecule has 1 aromatic rings. The third-order valence-corrected chi connectivity index (χ3v) is 5.63. The van der Waals surface area contributed by atoms with E-state index in [2.05, 4.69) is 4.72 Å². The van der Waals surface area contributed by atoms with Crippen LogP contribution in [0, 0.1) is 5.92 Å². The standard InChI is InChI=1S/C12H18N2O5S2/c1-8(2)7-20(15,16)14-11-6-19-12-4-3-9(5-10(11)12)21(13,17)18/h3-5,8,11,14H,6-7H2,1-2H3,(H2,13,17,18). The van der Waals surface area contributed by atoms with Gasteiger partial charge in [-0.15, -0.1) is 0 Å². The zero-order chi connectivity index (χ0) is 15.8. The van der Waals surface area contributed by atoms with Gasteiger partial charge in [-0.25, -0.2) is 26.7 Å². The molecule has 3 N–H and O–H groups in total. The molecule has 2 rings (SSSR count). The lowest BCUT2D eigenvalue weighted by Gasteiger charge is -2.14. The van der Waals surface area contributed by atoms with E-state index in [1.807, 2.05) is 0 Å². The van der Waals surface area contributed by atoms with Crippen LogP contribution in [0.25, 0.3) is 0 Å². The van der Waals surface area contributed by atoms with Gasteiger partial charge in [0.2, 0.25) is 20.0 Å². The van der Waals surface area contributed by atoms with Gasteiger partial charge in [-0.1, -0.05) is 13.8 Å². The van der Waals surface area contributed by atoms with Crippen LogP contribution in [0.2, 0.25) is 0 Å². The second-order valence-corrected chi connectivity index (χ2v) is 8.76. The number of hydrogen-bond donors (Lipinski definition) is 2. The van der Waals surface area contributed by atoms with Gasteiger partial charge in [0.25, 0.3) is 0 Å². The minimum atomic E-state index is -3.84. The van der Waals surface area contributed by atoms with E-state index in [4.69, 9.17) is 9.88 Å². The van der Waals surface area contributed by atoms with Crippen molar-refractivity contribution in [3.05, 3.63) is 23.8 Å². The molecular weight excluding hydrogens is 316 g/mol. The van der Waals surface area contributed by atoms with E-state index in [1.165, 1.54) is 18.2 Å². The van der Waals surface area contributed by atoms with Gasteiger partial charge in [0.05, 0.1) is 16.7 Å². The second-order valence-electron chi connectivity index (χ2n) is 5.40. The molecule has 0 spiro atoms. The molecule has 0 radical (unpaired) electrons. The summed E-state index contributed by atoms with van der Waals surface area (Å²) >= 11 is 0. The first-order valence-corrected chi connectivity index (χ1v) is 9.58. The van der Waals surface area contributed by atoms with Gasteiger partial charge in [0.15, 0.2) is 0 Å². The summed E-state index contributed by atoms with van der Waals surface area (Å²) < 4.78 is 54.6. The zero-order valence-corrected chi connectivity index (χ0v) is 13.4. The van der Waals surface area contributed by atoms with Gasteiger partial charge in [0, 0.05) is 5.56 Å². The van der Waals surface area contributed by atoms with Crippen molar-refractivity contribution in [1.82, 2.24) is 4.72 Å². The maximum Gasteiger partial charge on any atom is 0.238 e. The Labute approximate surface area is 124 Å². The number of rotatable bonds is 5. The molecule has 1 aromatic carbocycles. The fourth-order valence-corrected chi connectivity index (χ4v) is 4.32. The summed E-state index contributed by atoms with van der Waals surface area (Å²) in [6.07, 6.45) is 0. The van der Waals surface area contributed by atoms with Crippen LogP contribution in [0.5, 0.6) is 5.75 Å². The van der Waals surface area contributed by atoms with Crippen LogP contribution in [0.1, 0.15) is 25.5 Å². The second kappa shape index (κ2) is 5.56. The van der Waals surface area contributed by atoms with Crippen LogP contribution in [0.4, 0.5) is 0 Å². The molecule has 0 aliphatic carbocycles. The van der Waals surface area contributed by atoms with E-state index in [0.29, 0.717) is 11.3 Å². The highest BCUT2D eigenvalue weighted by molar-refractivity contribution is 7.89. The molecule has 1 aliphatic heterocycles. The molecule has 0 bridgehead atoms. The van der Waals surface area contributed by atoms with Crippen LogP contribution in [0.15, 0.2) is 23.1 Å². The van der Waals surface area contributed by atoms with E-state index >= 15 is 0 Å². The fraction of sp³-hybridized carbons (Fsp3) is 0.500. The third kappa shape index (κ3) is 3.94. The lowest BCUT2D eigenvalue weighted by Crippen LogP contribution is -2.33. The van der Waals surface area contributed by atoms with Crippen LogP contribution >= 0.6 is 0 Å². The van der Waals surface area contributed by atoms with Crippen molar-refractivity contribution in [2.24, 2.45) is 11.1 Å². The quantitative estimate of drug-likeness (QED) is 0.806. The van der Waals surface area contributed by atoms with Crippen molar-refractivity contribution in [3.63, 3.8) is 0 Å². The highest BCUT2D eigenvalue weighted by Crippen LogP contribution is 2.34. The molecule has 21 heavy (non-hydrogen) atoms. The molecule has 7 nitrogen and oxygen atoms in total. The Morgan fingerprint density at radius 2 is 2.00 bits per heavy atom. The first-order chi connectivity index (χ1) is 9.58. The Morgan fingerprint density at radius 1 is 1.33 bits per heavy atom. The molecule has 118 valence electrons. The van der Waals surface area contributed by atoms with E-state index in [-0.39, 0.29) is 23.2 Å². The van der Waals surface area contributed by atoms with E-state index in [1.54, 1.807) is 13.8 Å². The number of hydrogen-bond acceptors (Lipinski definition) is 5. The molecule has 1 unspecified atom stereocenters. The number of sulfonamides is 2. The molecule has 1 heterocycles. The molecule has 1 aliphatic rings. The summed E-state index contributed by atoms with van der Waals surface area (Å²) in [5.74, 6) is 0.438. The van der Waals surface area contributed by atoms with Crippen LogP contribution < -0.4 is 14.6 Å². The van der Waals surface area contributed by atoms with E-state index in [0.717, 1.165) is 0 Å². The highest BCUT2D eigenvalue weighted by Gasteiger charge is 2.29. The minimum Gasteiger partial charge on any atom is -0.491 e. The average Bonchev–Trinajstić information content (AvgIpc) is 2.68. The Morgan fingerprint density at radius 3 is 2.57 bits per heavy atom. The fourth-order valence-electron chi connectivity index (χ4n) is 2.17. The van der Waals surface area contributed by atoms with Crippen molar-refractivity contribution in [1.29, 1.82) is 0 Å². The van der Waals surface area contributed by atoms with Gasteiger partial charge >= 0.3 is 0 Å². The molecule has 0 saturated heterocycles. The van der Waals surface area contributed by atoms with Crippen molar-refractivity contribution in [3.8, 4) is 5.75 Å². The Bertz CT molecular complexity index is 741. The maximum absolute atomic E-state index is 12.0. The topological polar surface area (TPSA) is 116 Å². The number of benzene rings is 1. The van der Waals surface area contributed by atoms with Gasteiger partial charge in [-0.2, -0.15) is 0 Å². The molecule has 9 heteroatoms. The molecule has 0 aromatic heterocycles. The molecular formula is C12H18N2O5S2. The smallest absolute Gasteiger partial charge is 0.238 e. The zero-order valence-electron chi connectivity index (χ0n) is 11.7. The van der Waals surface area contributed by atoms with E-state index < -0.39 is 26.1 Å². The van der Waals surface area contributed by atoms with Crippen molar-refractivity contribution in [2.45, 2.75) is 24.8 Å². The Kier molecular flexibility index (Phi) is 4.29. The largest absolute Gasteiger partial charge is 0.491 e. The predicted molar refractivity (Wildman–Crippen MR) is 77.8 cm³/mol. The van der Waals surface area contributed by atoms with E-state index in [9.17, 15) is 16.8 Å². The summed E-state index contributed by atoms with van der Waals surface area (Å²) in [5.41, 5.74) is 0.480. The summed E-state index contributed by atoms with van der Waals surface area (Å²) in [7, 11) is -7.31. The molecule has 0 saturated carbocycles. The van der Waals surface area contributed by atoms with Crippen molar-refractivity contribution in [2.75, 3.05) is 12.4 Å². The molecule has 1 atom stereocenters. The Balaban J connectivity index is 2.29. The van der Waals surface area contributed by atoms with Gasteiger partial charge in [-0.3, -0.25) is 0 Å². The monoisotopic (exact) mass is 334 g/mol. The maximum atomic E-state index is 12.0. The Hall–Kier alpha value is -1.16.